The number of carbonyl (C=O) groups is 2. The molecule has 0 spiro atoms. The molecule has 1 amide bonds. The Morgan fingerprint density at radius 3 is 2.70 bits per heavy atom. The third-order valence-corrected chi connectivity index (χ3v) is 2.44. The summed E-state index contributed by atoms with van der Waals surface area (Å²) in [7, 11) is 0. The minimum absolute atomic E-state index is 0.0840. The van der Waals surface area contributed by atoms with Crippen LogP contribution in [0.15, 0.2) is 18.2 Å². The van der Waals surface area contributed by atoms with Gasteiger partial charge in [0.05, 0.1) is 24.3 Å². The highest BCUT2D eigenvalue weighted by atomic mass is 35.5. The molecule has 0 fully saturated rings. The molecule has 0 atom stereocenters. The highest BCUT2D eigenvalue weighted by Crippen LogP contribution is 2.20. The number of benzene rings is 1. The Hall–Kier alpha value is -1.73. The van der Waals surface area contributed by atoms with E-state index >= 15 is 0 Å². The smallest absolute Gasteiger partial charge is 0.337 e. The molecule has 1 aromatic rings. The molecule has 0 unspecified atom stereocenters. The van der Waals surface area contributed by atoms with Crippen molar-refractivity contribution in [2.24, 2.45) is 0 Å². The first-order valence-electron chi connectivity index (χ1n) is 5.58. The van der Waals surface area contributed by atoms with Crippen LogP contribution in [0.2, 0.25) is 5.02 Å². The van der Waals surface area contributed by atoms with Crippen molar-refractivity contribution in [3.8, 4) is 0 Å². The molecule has 0 aliphatic carbocycles. The van der Waals surface area contributed by atoms with Gasteiger partial charge < -0.3 is 15.2 Å². The maximum Gasteiger partial charge on any atom is 0.337 e. The molecule has 0 heterocycles. The summed E-state index contributed by atoms with van der Waals surface area (Å²) in [5, 5.41) is 11.5. The van der Waals surface area contributed by atoms with E-state index in [2.05, 4.69) is 10.1 Å². The van der Waals surface area contributed by atoms with E-state index in [4.69, 9.17) is 16.7 Å². The summed E-state index contributed by atoms with van der Waals surface area (Å²) in [6.07, 6.45) is -2.75. The summed E-state index contributed by atoms with van der Waals surface area (Å²) in [6.45, 7) is -0.916. The Labute approximate surface area is 118 Å². The predicted molar refractivity (Wildman–Crippen MR) is 68.5 cm³/mol. The van der Waals surface area contributed by atoms with Gasteiger partial charge in [0.25, 0.3) is 6.43 Å². The Morgan fingerprint density at radius 2 is 2.10 bits per heavy atom. The monoisotopic (exact) mass is 307 g/mol. The van der Waals surface area contributed by atoms with Gasteiger partial charge in [-0.15, -0.1) is 0 Å². The number of amides is 1. The van der Waals surface area contributed by atoms with Crippen molar-refractivity contribution in [2.45, 2.75) is 12.8 Å². The van der Waals surface area contributed by atoms with Gasteiger partial charge in [-0.3, -0.25) is 4.79 Å². The maximum absolute atomic E-state index is 11.8. The number of hydrogen-bond acceptors (Lipinski definition) is 3. The van der Waals surface area contributed by atoms with Crippen LogP contribution in [0.5, 0.6) is 0 Å². The van der Waals surface area contributed by atoms with E-state index in [1.807, 2.05) is 0 Å². The molecular weight excluding hydrogens is 296 g/mol. The van der Waals surface area contributed by atoms with Gasteiger partial charge in [-0.05, 0) is 18.2 Å². The summed E-state index contributed by atoms with van der Waals surface area (Å²) < 4.78 is 28.1. The SMILES string of the molecule is O=C(CCOCC(F)F)Nc1ccc(Cl)cc1C(=O)O. The number of alkyl halides is 2. The van der Waals surface area contributed by atoms with Crippen molar-refractivity contribution in [3.63, 3.8) is 0 Å². The lowest BCUT2D eigenvalue weighted by molar-refractivity contribution is -0.117. The van der Waals surface area contributed by atoms with Gasteiger partial charge in [-0.25, -0.2) is 13.6 Å². The molecule has 0 saturated heterocycles. The number of carboxylic acid groups (broad SMARTS) is 1. The lowest BCUT2D eigenvalue weighted by Crippen LogP contribution is -2.17. The molecular formula is C12H12ClF2NO4. The van der Waals surface area contributed by atoms with Gasteiger partial charge in [0, 0.05) is 5.02 Å². The molecule has 5 nitrogen and oxygen atoms in total. The topological polar surface area (TPSA) is 75.6 Å². The zero-order valence-corrected chi connectivity index (χ0v) is 11.0. The zero-order chi connectivity index (χ0) is 15.1. The first kappa shape index (κ1) is 16.3. The predicted octanol–water partition coefficient (Wildman–Crippen LogP) is 2.65. The van der Waals surface area contributed by atoms with Crippen LogP contribution in [0.4, 0.5) is 14.5 Å². The highest BCUT2D eigenvalue weighted by molar-refractivity contribution is 6.31. The summed E-state index contributed by atoms with van der Waals surface area (Å²) >= 11 is 5.66. The quantitative estimate of drug-likeness (QED) is 0.759. The Bertz CT molecular complexity index is 496. The number of aromatic carboxylic acids is 1. The van der Waals surface area contributed by atoms with Crippen molar-refractivity contribution >= 4 is 29.2 Å². The third kappa shape index (κ3) is 5.50. The number of anilines is 1. The zero-order valence-electron chi connectivity index (χ0n) is 10.2. The van der Waals surface area contributed by atoms with Crippen LogP contribution in [-0.2, 0) is 9.53 Å². The van der Waals surface area contributed by atoms with E-state index in [1.165, 1.54) is 18.2 Å². The summed E-state index contributed by atoms with van der Waals surface area (Å²) in [6, 6.07) is 3.98. The van der Waals surface area contributed by atoms with E-state index in [0.717, 1.165) is 0 Å². The average Bonchev–Trinajstić information content (AvgIpc) is 2.36. The number of carboxylic acids is 1. The van der Waals surface area contributed by atoms with E-state index in [-0.39, 0.29) is 29.3 Å². The number of halogens is 3. The molecule has 0 aliphatic heterocycles. The second kappa shape index (κ2) is 7.76. The fourth-order valence-electron chi connectivity index (χ4n) is 1.35. The normalized spacial score (nSPS) is 10.6. The molecule has 110 valence electrons. The van der Waals surface area contributed by atoms with Crippen LogP contribution in [0.25, 0.3) is 0 Å². The molecule has 0 radical (unpaired) electrons. The van der Waals surface area contributed by atoms with Crippen LogP contribution in [0.3, 0.4) is 0 Å². The Kier molecular flexibility index (Phi) is 6.33. The molecule has 1 rings (SSSR count). The Morgan fingerprint density at radius 1 is 1.40 bits per heavy atom. The molecule has 0 saturated carbocycles. The standard InChI is InChI=1S/C12H12ClF2NO4/c13-7-1-2-9(8(5-7)12(18)19)16-11(17)3-4-20-6-10(14)15/h1-2,5,10H,3-4,6H2,(H,16,17)(H,18,19). The van der Waals surface area contributed by atoms with Gasteiger partial charge in [0.2, 0.25) is 5.91 Å². The second-order valence-electron chi connectivity index (χ2n) is 3.76. The van der Waals surface area contributed by atoms with Crippen LogP contribution >= 0.6 is 11.6 Å². The van der Waals surface area contributed by atoms with Crippen LogP contribution in [0.1, 0.15) is 16.8 Å². The fourth-order valence-corrected chi connectivity index (χ4v) is 1.52. The van der Waals surface area contributed by atoms with E-state index < -0.39 is 24.9 Å². The van der Waals surface area contributed by atoms with E-state index in [1.54, 1.807) is 0 Å². The van der Waals surface area contributed by atoms with Crippen molar-refractivity contribution in [1.82, 2.24) is 0 Å². The number of rotatable bonds is 7. The minimum atomic E-state index is -2.59. The Balaban J connectivity index is 2.55. The van der Waals surface area contributed by atoms with E-state index in [0.29, 0.717) is 0 Å². The van der Waals surface area contributed by atoms with Crippen LogP contribution < -0.4 is 5.32 Å². The van der Waals surface area contributed by atoms with Gasteiger partial charge in [0.1, 0.15) is 6.61 Å². The first-order chi connectivity index (χ1) is 9.40. The van der Waals surface area contributed by atoms with E-state index in [9.17, 15) is 18.4 Å². The maximum atomic E-state index is 11.8. The first-order valence-corrected chi connectivity index (χ1v) is 5.96. The third-order valence-electron chi connectivity index (χ3n) is 2.20. The molecule has 1 aromatic carbocycles. The van der Waals surface area contributed by atoms with Gasteiger partial charge in [-0.2, -0.15) is 0 Å². The van der Waals surface area contributed by atoms with Gasteiger partial charge in [0.15, 0.2) is 0 Å². The van der Waals surface area contributed by atoms with Crippen molar-refractivity contribution < 1.29 is 28.2 Å². The van der Waals surface area contributed by atoms with Crippen LogP contribution in [0, 0.1) is 0 Å². The molecule has 0 aliphatic rings. The number of ether oxygens (including phenoxy) is 1. The molecule has 2 N–H and O–H groups in total. The van der Waals surface area contributed by atoms with Crippen LogP contribution in [-0.4, -0.2) is 36.6 Å². The number of carbonyl (C=O) groups excluding carboxylic acids is 1. The van der Waals surface area contributed by atoms with Gasteiger partial charge in [-0.1, -0.05) is 11.6 Å². The summed E-state index contributed by atoms with van der Waals surface area (Å²) in [5.41, 5.74) is -0.0693. The fraction of sp³-hybridized carbons (Fsp3) is 0.333. The molecule has 0 aromatic heterocycles. The van der Waals surface area contributed by atoms with Crippen molar-refractivity contribution in [2.75, 3.05) is 18.5 Å². The number of hydrogen-bond donors (Lipinski definition) is 2. The molecule has 8 heteroatoms. The lowest BCUT2D eigenvalue weighted by Gasteiger charge is -2.09. The largest absolute Gasteiger partial charge is 0.478 e. The molecule has 20 heavy (non-hydrogen) atoms. The lowest BCUT2D eigenvalue weighted by atomic mass is 10.1. The summed E-state index contributed by atoms with van der Waals surface area (Å²) in [4.78, 5) is 22.5. The van der Waals surface area contributed by atoms with Crippen molar-refractivity contribution in [1.29, 1.82) is 0 Å². The molecule has 0 bridgehead atoms. The van der Waals surface area contributed by atoms with Gasteiger partial charge >= 0.3 is 5.97 Å². The summed E-state index contributed by atoms with van der Waals surface area (Å²) in [5.74, 6) is -1.78. The minimum Gasteiger partial charge on any atom is -0.478 e. The highest BCUT2D eigenvalue weighted by Gasteiger charge is 2.13. The second-order valence-corrected chi connectivity index (χ2v) is 4.20. The van der Waals surface area contributed by atoms with Crippen molar-refractivity contribution in [3.05, 3.63) is 28.8 Å². The average molecular weight is 308 g/mol. The number of nitrogens with one attached hydrogen (secondary N) is 1.